The van der Waals surface area contributed by atoms with Gasteiger partial charge in [0.15, 0.2) is 0 Å². The fourth-order valence-electron chi connectivity index (χ4n) is 1.78. The highest BCUT2D eigenvalue weighted by Gasteiger charge is 2.29. The van der Waals surface area contributed by atoms with Gasteiger partial charge < -0.3 is 4.90 Å². The highest BCUT2D eigenvalue weighted by molar-refractivity contribution is 9.10. The van der Waals surface area contributed by atoms with Gasteiger partial charge in [0.1, 0.15) is 10.3 Å². The maximum absolute atomic E-state index is 12.3. The molecular formula is C13H17BrN2O. The van der Waals surface area contributed by atoms with Crippen molar-refractivity contribution in [2.45, 2.75) is 32.7 Å². The topological polar surface area (TPSA) is 33.2 Å². The van der Waals surface area contributed by atoms with Crippen LogP contribution in [-0.2, 0) is 0 Å². The zero-order chi connectivity index (χ0) is 12.4. The van der Waals surface area contributed by atoms with Crippen LogP contribution < -0.4 is 0 Å². The second kappa shape index (κ2) is 5.17. The number of pyridine rings is 1. The van der Waals surface area contributed by atoms with E-state index in [1.807, 2.05) is 17.0 Å². The molecule has 1 saturated carbocycles. The first-order valence-corrected chi connectivity index (χ1v) is 6.80. The van der Waals surface area contributed by atoms with Crippen LogP contribution in [0.2, 0.25) is 0 Å². The van der Waals surface area contributed by atoms with Crippen LogP contribution in [0, 0.1) is 5.92 Å². The van der Waals surface area contributed by atoms with Crippen LogP contribution in [0.1, 0.15) is 37.2 Å². The van der Waals surface area contributed by atoms with Crippen LogP contribution in [0.3, 0.4) is 0 Å². The largest absolute Gasteiger partial charge is 0.335 e. The van der Waals surface area contributed by atoms with Crippen molar-refractivity contribution in [1.29, 1.82) is 0 Å². The second-order valence-corrected chi connectivity index (χ2v) is 5.65. The third-order valence-electron chi connectivity index (χ3n) is 2.97. The number of hydrogen-bond donors (Lipinski definition) is 0. The Labute approximate surface area is 110 Å². The molecule has 0 N–H and O–H groups in total. The third kappa shape index (κ3) is 3.28. The predicted molar refractivity (Wildman–Crippen MR) is 70.8 cm³/mol. The molecule has 0 aromatic carbocycles. The molecule has 0 bridgehead atoms. The van der Waals surface area contributed by atoms with Gasteiger partial charge in [-0.3, -0.25) is 4.79 Å². The highest BCUT2D eigenvalue weighted by atomic mass is 79.9. The summed E-state index contributed by atoms with van der Waals surface area (Å²) in [5.74, 6) is 0.738. The second-order valence-electron chi connectivity index (χ2n) is 4.84. The standard InChI is InChI=1S/C13H17BrN2O/c1-9(2)16(8-10-6-7-10)13(17)11-4-3-5-12(14)15-11/h3-5,9-10H,6-8H2,1-2H3. The quantitative estimate of drug-likeness (QED) is 0.800. The zero-order valence-corrected chi connectivity index (χ0v) is 11.8. The van der Waals surface area contributed by atoms with Gasteiger partial charge >= 0.3 is 0 Å². The Kier molecular flexibility index (Phi) is 3.82. The van der Waals surface area contributed by atoms with Gasteiger partial charge in [0.2, 0.25) is 0 Å². The number of amides is 1. The Morgan fingerprint density at radius 3 is 2.76 bits per heavy atom. The van der Waals surface area contributed by atoms with Gasteiger partial charge in [-0.15, -0.1) is 0 Å². The average Bonchev–Trinajstić information content (AvgIpc) is 3.08. The molecule has 4 heteroatoms. The van der Waals surface area contributed by atoms with Gasteiger partial charge in [0.25, 0.3) is 5.91 Å². The van der Waals surface area contributed by atoms with Crippen molar-refractivity contribution >= 4 is 21.8 Å². The van der Waals surface area contributed by atoms with Gasteiger partial charge in [-0.2, -0.15) is 0 Å². The van der Waals surface area contributed by atoms with E-state index in [2.05, 4.69) is 34.8 Å². The number of aromatic nitrogens is 1. The summed E-state index contributed by atoms with van der Waals surface area (Å²) in [5, 5.41) is 0. The predicted octanol–water partition coefficient (Wildman–Crippen LogP) is 3.10. The van der Waals surface area contributed by atoms with Crippen molar-refractivity contribution in [3.8, 4) is 0 Å². The van der Waals surface area contributed by atoms with Gasteiger partial charge in [-0.25, -0.2) is 4.98 Å². The summed E-state index contributed by atoms with van der Waals surface area (Å²) in [5.41, 5.74) is 0.522. The Morgan fingerprint density at radius 2 is 2.24 bits per heavy atom. The summed E-state index contributed by atoms with van der Waals surface area (Å²) >= 11 is 3.30. The van der Waals surface area contributed by atoms with Crippen LogP contribution >= 0.6 is 15.9 Å². The minimum atomic E-state index is 0.0354. The zero-order valence-electron chi connectivity index (χ0n) is 10.2. The molecule has 1 heterocycles. The van der Waals surface area contributed by atoms with Crippen molar-refractivity contribution < 1.29 is 4.79 Å². The van der Waals surface area contributed by atoms with E-state index in [0.29, 0.717) is 16.2 Å². The lowest BCUT2D eigenvalue weighted by Gasteiger charge is -2.26. The van der Waals surface area contributed by atoms with Crippen LogP contribution in [0.4, 0.5) is 0 Å². The number of hydrogen-bond acceptors (Lipinski definition) is 2. The molecule has 2 rings (SSSR count). The molecule has 1 aromatic heterocycles. The lowest BCUT2D eigenvalue weighted by atomic mass is 10.2. The van der Waals surface area contributed by atoms with Gasteiger partial charge in [-0.1, -0.05) is 6.07 Å². The minimum Gasteiger partial charge on any atom is -0.335 e. The number of carbonyl (C=O) groups excluding carboxylic acids is 1. The summed E-state index contributed by atoms with van der Waals surface area (Å²) < 4.78 is 0.707. The SMILES string of the molecule is CC(C)N(CC1CC1)C(=O)c1cccc(Br)n1. The van der Waals surface area contributed by atoms with E-state index < -0.39 is 0 Å². The Morgan fingerprint density at radius 1 is 1.53 bits per heavy atom. The fourth-order valence-corrected chi connectivity index (χ4v) is 2.12. The van der Waals surface area contributed by atoms with Gasteiger partial charge in [0.05, 0.1) is 0 Å². The Bertz CT molecular complexity index is 416. The summed E-state index contributed by atoms with van der Waals surface area (Å²) in [6.07, 6.45) is 2.50. The number of halogens is 1. The average molecular weight is 297 g/mol. The lowest BCUT2D eigenvalue weighted by molar-refractivity contribution is 0.0690. The van der Waals surface area contributed by atoms with E-state index in [0.717, 1.165) is 6.54 Å². The molecule has 1 fully saturated rings. The number of nitrogens with zero attached hydrogens (tertiary/aromatic N) is 2. The van der Waals surface area contributed by atoms with E-state index in [1.54, 1.807) is 6.07 Å². The maximum Gasteiger partial charge on any atom is 0.272 e. The van der Waals surface area contributed by atoms with E-state index >= 15 is 0 Å². The van der Waals surface area contributed by atoms with E-state index in [9.17, 15) is 4.79 Å². The van der Waals surface area contributed by atoms with E-state index in [1.165, 1.54) is 12.8 Å². The molecule has 0 aliphatic heterocycles. The molecule has 1 aliphatic carbocycles. The lowest BCUT2D eigenvalue weighted by Crippen LogP contribution is -2.38. The molecule has 1 aliphatic rings. The molecular weight excluding hydrogens is 280 g/mol. The first-order chi connectivity index (χ1) is 8.08. The summed E-state index contributed by atoms with van der Waals surface area (Å²) in [4.78, 5) is 18.5. The van der Waals surface area contributed by atoms with Crippen LogP contribution in [0.5, 0.6) is 0 Å². The van der Waals surface area contributed by atoms with Crippen molar-refractivity contribution in [3.05, 3.63) is 28.5 Å². The molecule has 0 saturated heterocycles. The fraction of sp³-hybridized carbons (Fsp3) is 0.538. The maximum atomic E-state index is 12.3. The van der Waals surface area contributed by atoms with E-state index in [-0.39, 0.29) is 11.9 Å². The molecule has 1 aromatic rings. The number of rotatable bonds is 4. The van der Waals surface area contributed by atoms with Crippen molar-refractivity contribution in [3.63, 3.8) is 0 Å². The molecule has 0 radical (unpaired) electrons. The van der Waals surface area contributed by atoms with Crippen molar-refractivity contribution in [1.82, 2.24) is 9.88 Å². The molecule has 0 spiro atoms. The van der Waals surface area contributed by atoms with Crippen molar-refractivity contribution in [2.24, 2.45) is 5.92 Å². The summed E-state index contributed by atoms with van der Waals surface area (Å²) in [6, 6.07) is 5.68. The first-order valence-electron chi connectivity index (χ1n) is 6.01. The summed E-state index contributed by atoms with van der Waals surface area (Å²) in [7, 11) is 0. The van der Waals surface area contributed by atoms with Gasteiger partial charge in [0, 0.05) is 12.6 Å². The molecule has 3 nitrogen and oxygen atoms in total. The first kappa shape index (κ1) is 12.6. The molecule has 0 atom stereocenters. The summed E-state index contributed by atoms with van der Waals surface area (Å²) in [6.45, 7) is 4.97. The number of carbonyl (C=O) groups is 1. The smallest absolute Gasteiger partial charge is 0.272 e. The van der Waals surface area contributed by atoms with Crippen LogP contribution in [0.15, 0.2) is 22.8 Å². The molecule has 17 heavy (non-hydrogen) atoms. The minimum absolute atomic E-state index is 0.0354. The molecule has 0 unspecified atom stereocenters. The Hall–Kier alpha value is -0.900. The Balaban J connectivity index is 2.14. The normalized spacial score (nSPS) is 15.1. The van der Waals surface area contributed by atoms with E-state index in [4.69, 9.17) is 0 Å². The molecule has 92 valence electrons. The van der Waals surface area contributed by atoms with Crippen LogP contribution in [0.25, 0.3) is 0 Å². The molecule has 1 amide bonds. The van der Waals surface area contributed by atoms with Crippen molar-refractivity contribution in [2.75, 3.05) is 6.54 Å². The van der Waals surface area contributed by atoms with Crippen LogP contribution in [-0.4, -0.2) is 28.4 Å². The monoisotopic (exact) mass is 296 g/mol. The van der Waals surface area contributed by atoms with Gasteiger partial charge in [-0.05, 0) is 60.7 Å². The highest BCUT2D eigenvalue weighted by Crippen LogP contribution is 2.30. The third-order valence-corrected chi connectivity index (χ3v) is 3.41.